The molecule has 2 fully saturated rings. The Morgan fingerprint density at radius 1 is 0.933 bits per heavy atom. The molecule has 15 heavy (non-hydrogen) atoms. The summed E-state index contributed by atoms with van der Waals surface area (Å²) in [7, 11) is 0. The van der Waals surface area contributed by atoms with Gasteiger partial charge in [-0.15, -0.1) is 0 Å². The van der Waals surface area contributed by atoms with Crippen molar-refractivity contribution in [3.63, 3.8) is 0 Å². The maximum absolute atomic E-state index is 5.39. The topological polar surface area (TPSA) is 30.5 Å². The molecular weight excluding hydrogens is 190 g/mol. The molecule has 2 rings (SSSR count). The maximum Gasteiger partial charge on any atom is 0.0480 e. The molecular formula is C12H23NO2. The van der Waals surface area contributed by atoms with Gasteiger partial charge in [0.2, 0.25) is 0 Å². The largest absolute Gasteiger partial charge is 0.381 e. The van der Waals surface area contributed by atoms with E-state index < -0.39 is 0 Å². The summed E-state index contributed by atoms with van der Waals surface area (Å²) in [4.78, 5) is 0. The molecule has 2 aliphatic rings. The fourth-order valence-corrected chi connectivity index (χ4v) is 2.59. The van der Waals surface area contributed by atoms with Crippen LogP contribution in [0.3, 0.4) is 0 Å². The molecule has 0 aromatic rings. The Labute approximate surface area is 92.5 Å². The van der Waals surface area contributed by atoms with Crippen LogP contribution in [0.4, 0.5) is 0 Å². The lowest BCUT2D eigenvalue weighted by Crippen LogP contribution is -2.44. The monoisotopic (exact) mass is 213 g/mol. The highest BCUT2D eigenvalue weighted by atomic mass is 16.5. The molecule has 1 unspecified atom stereocenters. The highest BCUT2D eigenvalue weighted by Gasteiger charge is 2.23. The summed E-state index contributed by atoms with van der Waals surface area (Å²) >= 11 is 0. The Morgan fingerprint density at radius 3 is 2.07 bits per heavy atom. The SMILES string of the molecule is CC(NC1CCOCC1)C1CCOCC1. The zero-order valence-electron chi connectivity index (χ0n) is 9.71. The first-order chi connectivity index (χ1) is 7.36. The van der Waals surface area contributed by atoms with Crippen LogP contribution in [0, 0.1) is 5.92 Å². The van der Waals surface area contributed by atoms with E-state index in [2.05, 4.69) is 12.2 Å². The fourth-order valence-electron chi connectivity index (χ4n) is 2.59. The summed E-state index contributed by atoms with van der Waals surface area (Å²) in [5, 5.41) is 3.75. The van der Waals surface area contributed by atoms with Crippen molar-refractivity contribution in [2.24, 2.45) is 5.92 Å². The first kappa shape index (κ1) is 11.4. The molecule has 0 aliphatic carbocycles. The van der Waals surface area contributed by atoms with E-state index in [1.54, 1.807) is 0 Å². The van der Waals surface area contributed by atoms with Gasteiger partial charge in [-0.3, -0.25) is 0 Å². The highest BCUT2D eigenvalue weighted by Crippen LogP contribution is 2.20. The van der Waals surface area contributed by atoms with Gasteiger partial charge >= 0.3 is 0 Å². The molecule has 2 saturated heterocycles. The predicted octanol–water partition coefficient (Wildman–Crippen LogP) is 1.57. The van der Waals surface area contributed by atoms with E-state index in [1.165, 1.54) is 25.7 Å². The molecule has 1 atom stereocenters. The first-order valence-electron chi connectivity index (χ1n) is 6.28. The summed E-state index contributed by atoms with van der Waals surface area (Å²) in [5.41, 5.74) is 0. The Bertz CT molecular complexity index is 174. The van der Waals surface area contributed by atoms with E-state index in [9.17, 15) is 0 Å². The molecule has 88 valence electrons. The Morgan fingerprint density at radius 2 is 1.47 bits per heavy atom. The van der Waals surface area contributed by atoms with Crippen molar-refractivity contribution >= 4 is 0 Å². The number of hydrogen-bond acceptors (Lipinski definition) is 3. The molecule has 1 N–H and O–H groups in total. The van der Waals surface area contributed by atoms with Crippen molar-refractivity contribution in [2.75, 3.05) is 26.4 Å². The summed E-state index contributed by atoms with van der Waals surface area (Å²) in [6.07, 6.45) is 4.79. The number of ether oxygens (including phenoxy) is 2. The predicted molar refractivity (Wildman–Crippen MR) is 60.0 cm³/mol. The molecule has 0 bridgehead atoms. The van der Waals surface area contributed by atoms with Gasteiger partial charge in [0.05, 0.1) is 0 Å². The van der Waals surface area contributed by atoms with Crippen LogP contribution < -0.4 is 5.32 Å². The van der Waals surface area contributed by atoms with Crippen LogP contribution in [0.5, 0.6) is 0 Å². The van der Waals surface area contributed by atoms with Crippen molar-refractivity contribution in [1.82, 2.24) is 5.32 Å². The van der Waals surface area contributed by atoms with Crippen LogP contribution in [-0.2, 0) is 9.47 Å². The zero-order valence-corrected chi connectivity index (χ0v) is 9.71. The Kier molecular flexibility index (Phi) is 4.42. The van der Waals surface area contributed by atoms with Gasteiger partial charge in [0.1, 0.15) is 0 Å². The molecule has 0 spiro atoms. The molecule has 0 saturated carbocycles. The van der Waals surface area contributed by atoms with Gasteiger partial charge in [0, 0.05) is 38.5 Å². The van der Waals surface area contributed by atoms with E-state index in [0.29, 0.717) is 12.1 Å². The molecule has 0 amide bonds. The second-order valence-electron chi connectivity index (χ2n) is 4.79. The lowest BCUT2D eigenvalue weighted by molar-refractivity contribution is 0.0444. The molecule has 0 aromatic carbocycles. The first-order valence-corrected chi connectivity index (χ1v) is 6.28. The van der Waals surface area contributed by atoms with E-state index >= 15 is 0 Å². The molecule has 0 aromatic heterocycles. The normalized spacial score (nSPS) is 27.8. The fraction of sp³-hybridized carbons (Fsp3) is 1.00. The van der Waals surface area contributed by atoms with Crippen LogP contribution in [0.25, 0.3) is 0 Å². The summed E-state index contributed by atoms with van der Waals surface area (Å²) in [6.45, 7) is 6.08. The van der Waals surface area contributed by atoms with Gasteiger partial charge in [-0.2, -0.15) is 0 Å². The van der Waals surface area contributed by atoms with Gasteiger partial charge in [-0.1, -0.05) is 0 Å². The minimum absolute atomic E-state index is 0.636. The van der Waals surface area contributed by atoms with E-state index in [4.69, 9.17) is 9.47 Å². The second kappa shape index (κ2) is 5.83. The zero-order chi connectivity index (χ0) is 10.5. The summed E-state index contributed by atoms with van der Waals surface area (Å²) < 4.78 is 10.8. The van der Waals surface area contributed by atoms with E-state index in [1.807, 2.05) is 0 Å². The van der Waals surface area contributed by atoms with Crippen LogP contribution in [0.1, 0.15) is 32.6 Å². The van der Waals surface area contributed by atoms with Crippen molar-refractivity contribution in [1.29, 1.82) is 0 Å². The van der Waals surface area contributed by atoms with E-state index in [0.717, 1.165) is 32.3 Å². The van der Waals surface area contributed by atoms with Gasteiger partial charge in [-0.05, 0) is 38.5 Å². The minimum atomic E-state index is 0.636. The molecule has 2 heterocycles. The maximum atomic E-state index is 5.39. The lowest BCUT2D eigenvalue weighted by Gasteiger charge is -2.33. The standard InChI is InChI=1S/C12H23NO2/c1-10(11-2-6-14-7-3-11)13-12-4-8-15-9-5-12/h10-13H,2-9H2,1H3. The Hall–Kier alpha value is -0.120. The highest BCUT2D eigenvalue weighted by molar-refractivity contribution is 4.80. The third-order valence-electron chi connectivity index (χ3n) is 3.69. The van der Waals surface area contributed by atoms with Crippen molar-refractivity contribution < 1.29 is 9.47 Å². The third kappa shape index (κ3) is 3.44. The van der Waals surface area contributed by atoms with Crippen molar-refractivity contribution in [3.05, 3.63) is 0 Å². The van der Waals surface area contributed by atoms with Crippen LogP contribution in [-0.4, -0.2) is 38.5 Å². The Balaban J connectivity index is 1.72. The molecule has 0 radical (unpaired) electrons. The van der Waals surface area contributed by atoms with Crippen LogP contribution >= 0.6 is 0 Å². The minimum Gasteiger partial charge on any atom is -0.381 e. The van der Waals surface area contributed by atoms with E-state index in [-0.39, 0.29) is 0 Å². The molecule has 2 aliphatic heterocycles. The quantitative estimate of drug-likeness (QED) is 0.772. The average Bonchev–Trinajstić information content (AvgIpc) is 2.31. The van der Waals surface area contributed by atoms with Crippen LogP contribution in [0.2, 0.25) is 0 Å². The lowest BCUT2D eigenvalue weighted by atomic mass is 9.92. The van der Waals surface area contributed by atoms with Gasteiger partial charge < -0.3 is 14.8 Å². The average molecular weight is 213 g/mol. The second-order valence-corrected chi connectivity index (χ2v) is 4.79. The van der Waals surface area contributed by atoms with Crippen molar-refractivity contribution in [2.45, 2.75) is 44.7 Å². The van der Waals surface area contributed by atoms with Gasteiger partial charge in [0.25, 0.3) is 0 Å². The molecule has 3 heteroatoms. The number of rotatable bonds is 3. The number of hydrogen-bond donors (Lipinski definition) is 1. The summed E-state index contributed by atoms with van der Waals surface area (Å²) in [6, 6.07) is 1.31. The van der Waals surface area contributed by atoms with Gasteiger partial charge in [-0.25, -0.2) is 0 Å². The van der Waals surface area contributed by atoms with Crippen LogP contribution in [0.15, 0.2) is 0 Å². The number of nitrogens with one attached hydrogen (secondary N) is 1. The molecule has 3 nitrogen and oxygen atoms in total. The smallest absolute Gasteiger partial charge is 0.0480 e. The van der Waals surface area contributed by atoms with Gasteiger partial charge in [0.15, 0.2) is 0 Å². The van der Waals surface area contributed by atoms with Crippen molar-refractivity contribution in [3.8, 4) is 0 Å². The third-order valence-corrected chi connectivity index (χ3v) is 3.69. The summed E-state index contributed by atoms with van der Waals surface area (Å²) in [5.74, 6) is 0.807.